The van der Waals surface area contributed by atoms with Crippen LogP contribution in [0, 0.1) is 11.6 Å². The van der Waals surface area contributed by atoms with Crippen molar-refractivity contribution in [3.63, 3.8) is 0 Å². The number of rotatable bonds is 3. The van der Waals surface area contributed by atoms with Gasteiger partial charge in [-0.2, -0.15) is 0 Å². The fourth-order valence-electron chi connectivity index (χ4n) is 1.40. The van der Waals surface area contributed by atoms with Crippen molar-refractivity contribution < 1.29 is 8.78 Å². The van der Waals surface area contributed by atoms with E-state index in [4.69, 9.17) is 5.73 Å². The van der Waals surface area contributed by atoms with Gasteiger partial charge in [0.25, 0.3) is 0 Å². The normalized spacial score (nSPS) is 12.4. The second-order valence-electron chi connectivity index (χ2n) is 3.89. The molecule has 1 aromatic heterocycles. The van der Waals surface area contributed by atoms with Crippen molar-refractivity contribution >= 4 is 11.8 Å². The third-order valence-corrected chi connectivity index (χ3v) is 3.32. The number of halogens is 2. The lowest BCUT2D eigenvalue weighted by molar-refractivity contribution is 0.506. The van der Waals surface area contributed by atoms with Crippen LogP contribution in [0.15, 0.2) is 46.3 Å². The van der Waals surface area contributed by atoms with Crippen molar-refractivity contribution in [2.45, 2.75) is 22.8 Å². The summed E-state index contributed by atoms with van der Waals surface area (Å²) in [6.07, 6.45) is 1.67. The standard InChI is InChI=1S/C13H12F2N2S/c1-8(16)13-5-3-10(7-17-13)18-9-2-4-11(14)12(15)6-9/h2-8H,16H2,1H3/t8-/m0/s1. The van der Waals surface area contributed by atoms with Gasteiger partial charge >= 0.3 is 0 Å². The third-order valence-electron chi connectivity index (χ3n) is 2.35. The zero-order chi connectivity index (χ0) is 13.1. The molecule has 0 bridgehead atoms. The number of benzene rings is 1. The molecule has 2 N–H and O–H groups in total. The van der Waals surface area contributed by atoms with Crippen LogP contribution >= 0.6 is 11.8 Å². The first-order valence-electron chi connectivity index (χ1n) is 5.40. The van der Waals surface area contributed by atoms with Gasteiger partial charge in [-0.25, -0.2) is 8.78 Å². The van der Waals surface area contributed by atoms with Crippen LogP contribution in [0.2, 0.25) is 0 Å². The molecule has 0 aliphatic heterocycles. The summed E-state index contributed by atoms with van der Waals surface area (Å²) >= 11 is 1.32. The van der Waals surface area contributed by atoms with E-state index in [0.717, 1.165) is 16.7 Å². The van der Waals surface area contributed by atoms with Crippen LogP contribution in [0.5, 0.6) is 0 Å². The van der Waals surface area contributed by atoms with Crippen LogP contribution in [-0.2, 0) is 0 Å². The molecule has 2 aromatic rings. The van der Waals surface area contributed by atoms with E-state index in [-0.39, 0.29) is 6.04 Å². The van der Waals surface area contributed by atoms with E-state index in [1.165, 1.54) is 23.9 Å². The highest BCUT2D eigenvalue weighted by molar-refractivity contribution is 7.99. The SMILES string of the molecule is C[C@H](N)c1ccc(Sc2ccc(F)c(F)c2)cn1. The first-order valence-corrected chi connectivity index (χ1v) is 6.22. The summed E-state index contributed by atoms with van der Waals surface area (Å²) in [5, 5.41) is 0. The number of nitrogens with two attached hydrogens (primary N) is 1. The zero-order valence-electron chi connectivity index (χ0n) is 9.73. The Hall–Kier alpha value is -1.46. The molecule has 0 unspecified atom stereocenters. The summed E-state index contributed by atoms with van der Waals surface area (Å²) < 4.78 is 25.8. The van der Waals surface area contributed by atoms with Crippen LogP contribution < -0.4 is 5.73 Å². The number of nitrogens with zero attached hydrogens (tertiary/aromatic N) is 1. The summed E-state index contributed by atoms with van der Waals surface area (Å²) in [6.45, 7) is 1.85. The van der Waals surface area contributed by atoms with Crippen molar-refractivity contribution in [1.82, 2.24) is 4.98 Å². The minimum atomic E-state index is -0.847. The monoisotopic (exact) mass is 266 g/mol. The molecule has 0 saturated carbocycles. The molecule has 0 aliphatic rings. The molecular weight excluding hydrogens is 254 g/mol. The van der Waals surface area contributed by atoms with Gasteiger partial charge in [-0.15, -0.1) is 0 Å². The Morgan fingerprint density at radius 1 is 1.11 bits per heavy atom. The fourth-order valence-corrected chi connectivity index (χ4v) is 2.21. The van der Waals surface area contributed by atoms with Gasteiger partial charge in [-0.3, -0.25) is 4.98 Å². The van der Waals surface area contributed by atoms with E-state index >= 15 is 0 Å². The predicted octanol–water partition coefficient (Wildman–Crippen LogP) is 3.53. The number of hydrogen-bond acceptors (Lipinski definition) is 3. The van der Waals surface area contributed by atoms with Crippen LogP contribution in [0.1, 0.15) is 18.7 Å². The number of hydrogen-bond donors (Lipinski definition) is 1. The van der Waals surface area contributed by atoms with E-state index < -0.39 is 11.6 Å². The molecule has 18 heavy (non-hydrogen) atoms. The van der Waals surface area contributed by atoms with Crippen molar-refractivity contribution in [3.05, 3.63) is 53.9 Å². The van der Waals surface area contributed by atoms with Gasteiger partial charge < -0.3 is 5.73 Å². The molecule has 0 saturated heterocycles. The number of pyridine rings is 1. The molecule has 5 heteroatoms. The van der Waals surface area contributed by atoms with Gasteiger partial charge in [-0.05, 0) is 37.3 Å². The third kappa shape index (κ3) is 3.05. The molecule has 2 rings (SSSR count). The Balaban J connectivity index is 2.15. The zero-order valence-corrected chi connectivity index (χ0v) is 10.5. The van der Waals surface area contributed by atoms with E-state index in [9.17, 15) is 8.78 Å². The Morgan fingerprint density at radius 2 is 1.83 bits per heavy atom. The molecule has 0 radical (unpaired) electrons. The average molecular weight is 266 g/mol. The van der Waals surface area contributed by atoms with Crippen molar-refractivity contribution in [1.29, 1.82) is 0 Å². The maximum absolute atomic E-state index is 13.0. The average Bonchev–Trinajstić information content (AvgIpc) is 2.34. The molecule has 1 heterocycles. The highest BCUT2D eigenvalue weighted by Gasteiger charge is 2.05. The Kier molecular flexibility index (Phi) is 3.93. The fraction of sp³-hybridized carbons (Fsp3) is 0.154. The summed E-state index contributed by atoms with van der Waals surface area (Å²) in [6, 6.07) is 7.38. The topological polar surface area (TPSA) is 38.9 Å². The molecule has 1 aromatic carbocycles. The smallest absolute Gasteiger partial charge is 0.159 e. The van der Waals surface area contributed by atoms with Crippen LogP contribution in [0.3, 0.4) is 0 Å². The molecule has 0 fully saturated rings. The van der Waals surface area contributed by atoms with Gasteiger partial charge in [0, 0.05) is 22.0 Å². The minimum Gasteiger partial charge on any atom is -0.323 e. The van der Waals surface area contributed by atoms with Crippen molar-refractivity contribution in [2.24, 2.45) is 5.73 Å². The summed E-state index contributed by atoms with van der Waals surface area (Å²) in [7, 11) is 0. The Labute approximate surface area is 108 Å². The highest BCUT2D eigenvalue weighted by Crippen LogP contribution is 2.28. The first kappa shape index (κ1) is 13.0. The van der Waals surface area contributed by atoms with Crippen LogP contribution in [0.4, 0.5) is 8.78 Å². The molecule has 0 aliphatic carbocycles. The van der Waals surface area contributed by atoms with Gasteiger partial charge in [-0.1, -0.05) is 11.8 Å². The minimum absolute atomic E-state index is 0.118. The summed E-state index contributed by atoms with van der Waals surface area (Å²) in [5.41, 5.74) is 6.49. The lowest BCUT2D eigenvalue weighted by Crippen LogP contribution is -2.06. The second-order valence-corrected chi connectivity index (χ2v) is 5.03. The maximum atomic E-state index is 13.0. The maximum Gasteiger partial charge on any atom is 0.159 e. The molecule has 94 valence electrons. The van der Waals surface area contributed by atoms with Gasteiger partial charge in [0.05, 0.1) is 5.69 Å². The molecule has 0 spiro atoms. The largest absolute Gasteiger partial charge is 0.323 e. The molecule has 0 amide bonds. The predicted molar refractivity (Wildman–Crippen MR) is 67.3 cm³/mol. The second kappa shape index (κ2) is 5.46. The lowest BCUT2D eigenvalue weighted by atomic mass is 10.2. The van der Waals surface area contributed by atoms with Gasteiger partial charge in [0.15, 0.2) is 11.6 Å². The van der Waals surface area contributed by atoms with Crippen LogP contribution in [-0.4, -0.2) is 4.98 Å². The van der Waals surface area contributed by atoms with Gasteiger partial charge in [0.2, 0.25) is 0 Å². The van der Waals surface area contributed by atoms with Crippen LogP contribution in [0.25, 0.3) is 0 Å². The van der Waals surface area contributed by atoms with Crippen molar-refractivity contribution in [3.8, 4) is 0 Å². The summed E-state index contributed by atoms with van der Waals surface area (Å²) in [5.74, 6) is -1.69. The summed E-state index contributed by atoms with van der Waals surface area (Å²) in [4.78, 5) is 5.68. The molecule has 1 atom stereocenters. The van der Waals surface area contributed by atoms with Gasteiger partial charge in [0.1, 0.15) is 0 Å². The number of aromatic nitrogens is 1. The first-order chi connectivity index (χ1) is 8.56. The van der Waals surface area contributed by atoms with E-state index in [0.29, 0.717) is 4.90 Å². The van der Waals surface area contributed by atoms with E-state index in [1.54, 1.807) is 6.20 Å². The molecule has 2 nitrogen and oxygen atoms in total. The van der Waals surface area contributed by atoms with E-state index in [2.05, 4.69) is 4.98 Å². The highest BCUT2D eigenvalue weighted by atomic mass is 32.2. The molecular formula is C13H12F2N2S. The quantitative estimate of drug-likeness (QED) is 0.923. The lowest BCUT2D eigenvalue weighted by Gasteiger charge is -2.06. The van der Waals surface area contributed by atoms with E-state index in [1.807, 2.05) is 19.1 Å². The Morgan fingerprint density at radius 3 is 2.39 bits per heavy atom. The Bertz CT molecular complexity index is 541. The van der Waals surface area contributed by atoms with Crippen molar-refractivity contribution in [2.75, 3.05) is 0 Å².